The average molecular weight is 340 g/mol. The monoisotopic (exact) mass is 340 g/mol. The van der Waals surface area contributed by atoms with Crippen LogP contribution in [0.3, 0.4) is 0 Å². The van der Waals surface area contributed by atoms with E-state index in [4.69, 9.17) is 18.6 Å². The predicted octanol–water partition coefficient (Wildman–Crippen LogP) is 4.68. The molecule has 130 valence electrons. The molecule has 0 spiro atoms. The third-order valence-electron chi connectivity index (χ3n) is 3.86. The van der Waals surface area contributed by atoms with Gasteiger partial charge in [0, 0.05) is 10.9 Å². The fraction of sp³-hybridized carbons (Fsp3) is 0.250. The number of benzene rings is 2. The van der Waals surface area contributed by atoms with Crippen LogP contribution in [-0.2, 0) is 4.74 Å². The maximum absolute atomic E-state index is 12.1. The molecule has 0 saturated carbocycles. The zero-order valence-electron chi connectivity index (χ0n) is 14.5. The number of methoxy groups -OCH3 is 2. The number of para-hydroxylation sites is 1. The highest BCUT2D eigenvalue weighted by Crippen LogP contribution is 2.35. The number of carbonyl (C=O) groups is 1. The molecule has 0 radical (unpaired) electrons. The van der Waals surface area contributed by atoms with Crippen molar-refractivity contribution in [3.63, 3.8) is 0 Å². The van der Waals surface area contributed by atoms with Crippen molar-refractivity contribution in [2.75, 3.05) is 20.8 Å². The molecule has 0 atom stereocenters. The van der Waals surface area contributed by atoms with Gasteiger partial charge >= 0.3 is 5.97 Å². The van der Waals surface area contributed by atoms with Crippen molar-refractivity contribution in [3.8, 4) is 22.8 Å². The molecular weight excluding hydrogens is 320 g/mol. The van der Waals surface area contributed by atoms with Crippen LogP contribution in [-0.4, -0.2) is 26.8 Å². The molecule has 5 nitrogen and oxygen atoms in total. The smallest absolute Gasteiger partial charge is 0.341 e. The van der Waals surface area contributed by atoms with Gasteiger partial charge < -0.3 is 18.6 Å². The summed E-state index contributed by atoms with van der Waals surface area (Å²) in [6, 6.07) is 13.0. The van der Waals surface area contributed by atoms with E-state index in [1.165, 1.54) is 7.11 Å². The van der Waals surface area contributed by atoms with Crippen LogP contribution >= 0.6 is 0 Å². The number of hydrogen-bond donors (Lipinski definition) is 0. The van der Waals surface area contributed by atoms with Crippen LogP contribution in [0.1, 0.15) is 23.7 Å². The van der Waals surface area contributed by atoms with E-state index in [2.05, 4.69) is 0 Å². The molecule has 0 aliphatic heterocycles. The summed E-state index contributed by atoms with van der Waals surface area (Å²) in [7, 11) is 2.96. The molecule has 0 N–H and O–H groups in total. The Morgan fingerprint density at radius 1 is 1.08 bits per heavy atom. The Balaban J connectivity index is 2.06. The van der Waals surface area contributed by atoms with E-state index in [-0.39, 0.29) is 0 Å². The molecular formula is C20H20O5. The van der Waals surface area contributed by atoms with Gasteiger partial charge in [-0.3, -0.25) is 0 Å². The van der Waals surface area contributed by atoms with E-state index in [1.54, 1.807) is 19.2 Å². The van der Waals surface area contributed by atoms with Gasteiger partial charge in [-0.05, 0) is 36.8 Å². The number of furan rings is 1. The number of fused-ring (bicyclic) bond motifs is 1. The third-order valence-corrected chi connectivity index (χ3v) is 3.86. The minimum atomic E-state index is -0.443. The summed E-state index contributed by atoms with van der Waals surface area (Å²) >= 11 is 0. The summed E-state index contributed by atoms with van der Waals surface area (Å²) < 4.78 is 21.8. The molecule has 0 aliphatic rings. The van der Waals surface area contributed by atoms with Crippen LogP contribution in [0, 0.1) is 0 Å². The molecule has 0 aliphatic carbocycles. The molecule has 0 fully saturated rings. The van der Waals surface area contributed by atoms with E-state index in [9.17, 15) is 4.79 Å². The van der Waals surface area contributed by atoms with Crippen molar-refractivity contribution in [3.05, 3.63) is 48.0 Å². The largest absolute Gasteiger partial charge is 0.493 e. The molecule has 3 rings (SSSR count). The van der Waals surface area contributed by atoms with Crippen molar-refractivity contribution in [2.24, 2.45) is 0 Å². The third kappa shape index (κ3) is 3.31. The van der Waals surface area contributed by atoms with Gasteiger partial charge in [0.1, 0.15) is 17.1 Å². The maximum atomic E-state index is 12.1. The molecule has 1 heterocycles. The lowest BCUT2D eigenvalue weighted by Crippen LogP contribution is -2.06. The topological polar surface area (TPSA) is 57.9 Å². The van der Waals surface area contributed by atoms with E-state index in [1.807, 2.05) is 37.3 Å². The highest BCUT2D eigenvalue weighted by Gasteiger charge is 2.17. The summed E-state index contributed by atoms with van der Waals surface area (Å²) in [5.41, 5.74) is 1.81. The van der Waals surface area contributed by atoms with Gasteiger partial charge in [-0.25, -0.2) is 4.79 Å². The Labute approximate surface area is 146 Å². The maximum Gasteiger partial charge on any atom is 0.341 e. The molecule has 5 heteroatoms. The number of hydrogen-bond acceptors (Lipinski definition) is 5. The predicted molar refractivity (Wildman–Crippen MR) is 95.3 cm³/mol. The zero-order valence-corrected chi connectivity index (χ0v) is 14.5. The molecule has 3 aromatic rings. The van der Waals surface area contributed by atoms with Crippen LogP contribution in [0.15, 0.2) is 46.9 Å². The minimum Gasteiger partial charge on any atom is -0.493 e. The summed E-state index contributed by atoms with van der Waals surface area (Å²) in [4.78, 5) is 12.1. The molecule has 0 amide bonds. The van der Waals surface area contributed by atoms with Gasteiger partial charge in [-0.15, -0.1) is 0 Å². The van der Waals surface area contributed by atoms with Crippen LogP contribution in [0.2, 0.25) is 0 Å². The number of rotatable bonds is 6. The Kier molecular flexibility index (Phi) is 4.93. The van der Waals surface area contributed by atoms with Crippen molar-refractivity contribution < 1.29 is 23.4 Å². The Bertz CT molecular complexity index is 894. The second kappa shape index (κ2) is 7.30. The van der Waals surface area contributed by atoms with Gasteiger partial charge in [0.15, 0.2) is 11.3 Å². The van der Waals surface area contributed by atoms with Crippen LogP contribution in [0.25, 0.3) is 22.3 Å². The Hall–Kier alpha value is -2.95. The molecule has 25 heavy (non-hydrogen) atoms. The summed E-state index contributed by atoms with van der Waals surface area (Å²) in [6.07, 6.45) is 0.853. The van der Waals surface area contributed by atoms with Crippen molar-refractivity contribution in [1.29, 1.82) is 0 Å². The minimum absolute atomic E-state index is 0.376. The standard InChI is InChI=1S/C20H20O5/c1-4-10-24-16-9-8-13(11-15(16)20(21)23-3)18-12-14-6-5-7-17(22-2)19(14)25-18/h5-9,11-12H,4,10H2,1-3H3. The quantitative estimate of drug-likeness (QED) is 0.610. The Morgan fingerprint density at radius 2 is 1.92 bits per heavy atom. The van der Waals surface area contributed by atoms with Gasteiger partial charge in [-0.1, -0.05) is 19.1 Å². The lowest BCUT2D eigenvalue weighted by molar-refractivity contribution is 0.0596. The molecule has 0 unspecified atom stereocenters. The molecule has 2 aromatic carbocycles. The van der Waals surface area contributed by atoms with Gasteiger partial charge in [0.25, 0.3) is 0 Å². The second-order valence-electron chi connectivity index (χ2n) is 5.54. The number of carbonyl (C=O) groups excluding carboxylic acids is 1. The Morgan fingerprint density at radius 3 is 2.64 bits per heavy atom. The van der Waals surface area contributed by atoms with Gasteiger partial charge in [0.2, 0.25) is 0 Å². The summed E-state index contributed by atoms with van der Waals surface area (Å²) in [5, 5.41) is 0.931. The first-order valence-electron chi connectivity index (χ1n) is 8.10. The van der Waals surface area contributed by atoms with Crippen LogP contribution < -0.4 is 9.47 Å². The van der Waals surface area contributed by atoms with Crippen molar-refractivity contribution >= 4 is 16.9 Å². The number of esters is 1. The normalized spacial score (nSPS) is 10.7. The van der Waals surface area contributed by atoms with E-state index >= 15 is 0 Å². The number of ether oxygens (including phenoxy) is 3. The van der Waals surface area contributed by atoms with E-state index in [0.717, 1.165) is 17.4 Å². The van der Waals surface area contributed by atoms with E-state index < -0.39 is 5.97 Å². The zero-order chi connectivity index (χ0) is 17.8. The fourth-order valence-electron chi connectivity index (χ4n) is 2.63. The highest BCUT2D eigenvalue weighted by atomic mass is 16.5. The molecule has 0 bridgehead atoms. The van der Waals surface area contributed by atoms with Gasteiger partial charge in [0.05, 0.1) is 20.8 Å². The highest BCUT2D eigenvalue weighted by molar-refractivity contribution is 5.94. The first-order valence-corrected chi connectivity index (χ1v) is 8.10. The molecule has 0 saturated heterocycles. The lowest BCUT2D eigenvalue weighted by Gasteiger charge is -2.10. The van der Waals surface area contributed by atoms with Crippen molar-refractivity contribution in [1.82, 2.24) is 0 Å². The first kappa shape index (κ1) is 16.9. The van der Waals surface area contributed by atoms with Crippen molar-refractivity contribution in [2.45, 2.75) is 13.3 Å². The van der Waals surface area contributed by atoms with Crippen LogP contribution in [0.5, 0.6) is 11.5 Å². The van der Waals surface area contributed by atoms with E-state index in [0.29, 0.717) is 35.0 Å². The summed E-state index contributed by atoms with van der Waals surface area (Å²) in [6.45, 7) is 2.54. The average Bonchev–Trinajstić information content (AvgIpc) is 3.09. The summed E-state index contributed by atoms with van der Waals surface area (Å²) in [5.74, 6) is 1.37. The molecule has 1 aromatic heterocycles. The second-order valence-corrected chi connectivity index (χ2v) is 5.54. The van der Waals surface area contributed by atoms with Crippen LogP contribution in [0.4, 0.5) is 0 Å². The SMILES string of the molecule is CCCOc1ccc(-c2cc3cccc(OC)c3o2)cc1C(=O)OC. The first-order chi connectivity index (χ1) is 12.2. The van der Waals surface area contributed by atoms with Gasteiger partial charge in [-0.2, -0.15) is 0 Å². The lowest BCUT2D eigenvalue weighted by atomic mass is 10.1. The fourth-order valence-corrected chi connectivity index (χ4v) is 2.63.